The van der Waals surface area contributed by atoms with Crippen LogP contribution in [0.15, 0.2) is 48.5 Å². The molecule has 0 aromatic heterocycles. The van der Waals surface area contributed by atoms with Crippen molar-refractivity contribution >= 4 is 28.7 Å². The zero-order chi connectivity index (χ0) is 20.8. The molecule has 4 nitrogen and oxygen atoms in total. The van der Waals surface area contributed by atoms with E-state index in [1.807, 2.05) is 38.1 Å². The summed E-state index contributed by atoms with van der Waals surface area (Å²) in [5, 5.41) is 7.24. The van der Waals surface area contributed by atoms with E-state index in [0.717, 1.165) is 30.4 Å². The molecule has 1 saturated heterocycles. The van der Waals surface area contributed by atoms with E-state index >= 15 is 0 Å². The third-order valence-corrected chi connectivity index (χ3v) is 5.45. The van der Waals surface area contributed by atoms with Crippen molar-refractivity contribution in [1.82, 2.24) is 5.32 Å². The summed E-state index contributed by atoms with van der Waals surface area (Å²) in [7, 11) is 0. The van der Waals surface area contributed by atoms with Crippen LogP contribution in [0.3, 0.4) is 0 Å². The molecular weight excluding hydrogens is 378 g/mol. The normalized spacial score (nSPS) is 17.7. The minimum atomic E-state index is 0.124. The molecule has 29 heavy (non-hydrogen) atoms. The Morgan fingerprint density at radius 2 is 1.90 bits per heavy atom. The highest BCUT2D eigenvalue weighted by Gasteiger charge is 2.17. The van der Waals surface area contributed by atoms with E-state index in [9.17, 15) is 0 Å². The van der Waals surface area contributed by atoms with E-state index < -0.39 is 0 Å². The molecule has 1 fully saturated rings. The lowest BCUT2D eigenvalue weighted by Crippen LogP contribution is -2.34. The summed E-state index contributed by atoms with van der Waals surface area (Å²) in [6.45, 7) is 10.8. The fourth-order valence-corrected chi connectivity index (χ4v) is 4.06. The predicted molar refractivity (Wildman–Crippen MR) is 127 cm³/mol. The van der Waals surface area contributed by atoms with Gasteiger partial charge in [0.15, 0.2) is 5.11 Å². The first-order chi connectivity index (χ1) is 13.9. The highest BCUT2D eigenvalue weighted by molar-refractivity contribution is 7.80. The van der Waals surface area contributed by atoms with E-state index in [4.69, 9.17) is 17.0 Å². The lowest BCUT2D eigenvalue weighted by Gasteiger charge is -2.33. The summed E-state index contributed by atoms with van der Waals surface area (Å²) in [6, 6.07) is 16.9. The van der Waals surface area contributed by atoms with E-state index in [-0.39, 0.29) is 12.1 Å². The van der Waals surface area contributed by atoms with Crippen LogP contribution in [0.1, 0.15) is 52.1 Å². The maximum Gasteiger partial charge on any atom is 0.171 e. The molecule has 1 aliphatic heterocycles. The van der Waals surface area contributed by atoms with Crippen LogP contribution in [0.4, 0.5) is 11.4 Å². The van der Waals surface area contributed by atoms with Crippen LogP contribution in [-0.2, 0) is 0 Å². The second-order valence-electron chi connectivity index (χ2n) is 8.30. The Balaban J connectivity index is 1.55. The maximum atomic E-state index is 5.75. The van der Waals surface area contributed by atoms with Crippen LogP contribution >= 0.6 is 12.2 Å². The highest BCUT2D eigenvalue weighted by Crippen LogP contribution is 2.25. The number of nitrogens with one attached hydrogen (secondary N) is 2. The van der Waals surface area contributed by atoms with Crippen LogP contribution in [0, 0.1) is 5.92 Å². The fourth-order valence-electron chi connectivity index (χ4n) is 3.76. The van der Waals surface area contributed by atoms with Gasteiger partial charge in [-0.2, -0.15) is 0 Å². The van der Waals surface area contributed by atoms with Gasteiger partial charge in [0.05, 0.1) is 12.1 Å². The molecule has 1 heterocycles. The Bertz CT molecular complexity index is 806. The summed E-state index contributed by atoms with van der Waals surface area (Å²) in [5.74, 6) is 1.61. The first-order valence-corrected chi connectivity index (χ1v) is 11.0. The quantitative estimate of drug-likeness (QED) is 0.591. The zero-order valence-electron chi connectivity index (χ0n) is 17.9. The minimum absolute atomic E-state index is 0.124. The van der Waals surface area contributed by atoms with Crippen LogP contribution < -0.4 is 20.3 Å². The van der Waals surface area contributed by atoms with Crippen LogP contribution in [-0.4, -0.2) is 24.3 Å². The Hall–Kier alpha value is -2.27. The van der Waals surface area contributed by atoms with Gasteiger partial charge in [-0.05, 0) is 81.6 Å². The van der Waals surface area contributed by atoms with Crippen LogP contribution in [0.2, 0.25) is 0 Å². The number of anilines is 2. The van der Waals surface area contributed by atoms with Crippen molar-refractivity contribution in [2.45, 2.75) is 52.7 Å². The standard InChI is InChI=1S/C24H33N3OS/c1-17(2)28-23-9-5-8-21(15-23)26-24(29)25-19(4)20-10-12-22(13-11-20)27-14-6-7-18(3)16-27/h5,8-13,15,17-19H,6-7,14,16H2,1-4H3,(H2,25,26,29)/t18-,19+/m1/s1. The fraction of sp³-hybridized carbons (Fsp3) is 0.458. The molecule has 0 radical (unpaired) electrons. The maximum absolute atomic E-state index is 5.75. The third kappa shape index (κ3) is 6.36. The number of hydrogen-bond donors (Lipinski definition) is 2. The molecule has 2 aromatic carbocycles. The van der Waals surface area contributed by atoms with Crippen molar-refractivity contribution in [1.29, 1.82) is 0 Å². The van der Waals surface area contributed by atoms with Gasteiger partial charge < -0.3 is 20.3 Å². The topological polar surface area (TPSA) is 36.5 Å². The highest BCUT2D eigenvalue weighted by atomic mass is 32.1. The second kappa shape index (κ2) is 9.97. The van der Waals surface area contributed by atoms with Crippen LogP contribution in [0.25, 0.3) is 0 Å². The van der Waals surface area contributed by atoms with Gasteiger partial charge in [-0.3, -0.25) is 0 Å². The molecule has 0 saturated carbocycles. The van der Waals surface area contributed by atoms with Gasteiger partial charge in [0, 0.05) is 30.5 Å². The number of ether oxygens (including phenoxy) is 1. The molecule has 0 amide bonds. The number of benzene rings is 2. The summed E-state index contributed by atoms with van der Waals surface area (Å²) >= 11 is 5.51. The van der Waals surface area contributed by atoms with Gasteiger partial charge in [0.25, 0.3) is 0 Å². The largest absolute Gasteiger partial charge is 0.491 e. The molecule has 2 N–H and O–H groups in total. The van der Waals surface area contributed by atoms with Crippen molar-refractivity contribution < 1.29 is 4.74 Å². The molecule has 2 aromatic rings. The summed E-state index contributed by atoms with van der Waals surface area (Å²) in [6.07, 6.45) is 2.77. The van der Waals surface area contributed by atoms with Crippen molar-refractivity contribution in [3.8, 4) is 5.75 Å². The number of rotatable bonds is 6. The Labute approximate surface area is 180 Å². The molecule has 5 heteroatoms. The number of thiocarbonyl (C=S) groups is 1. The first-order valence-electron chi connectivity index (χ1n) is 10.6. The van der Waals surface area contributed by atoms with E-state index in [0.29, 0.717) is 5.11 Å². The zero-order valence-corrected chi connectivity index (χ0v) is 18.8. The van der Waals surface area contributed by atoms with Gasteiger partial charge in [0.2, 0.25) is 0 Å². The molecule has 156 valence electrons. The third-order valence-electron chi connectivity index (χ3n) is 5.23. The van der Waals surface area contributed by atoms with Gasteiger partial charge in [-0.25, -0.2) is 0 Å². The van der Waals surface area contributed by atoms with Gasteiger partial charge in [0.1, 0.15) is 5.75 Å². The van der Waals surface area contributed by atoms with E-state index in [2.05, 4.69) is 53.6 Å². The molecule has 2 atom stereocenters. The number of nitrogens with zero attached hydrogens (tertiary/aromatic N) is 1. The van der Waals surface area contributed by atoms with E-state index in [1.54, 1.807) is 0 Å². The molecule has 0 bridgehead atoms. The number of piperidine rings is 1. The summed E-state index contributed by atoms with van der Waals surface area (Å²) in [5.41, 5.74) is 3.46. The molecule has 1 aliphatic rings. The van der Waals surface area contributed by atoms with Gasteiger partial charge in [-0.15, -0.1) is 0 Å². The number of hydrogen-bond acceptors (Lipinski definition) is 3. The molecule has 0 unspecified atom stereocenters. The molecule has 3 rings (SSSR count). The average Bonchev–Trinajstić information content (AvgIpc) is 2.67. The van der Waals surface area contributed by atoms with Crippen molar-refractivity contribution in [2.24, 2.45) is 5.92 Å². The lowest BCUT2D eigenvalue weighted by molar-refractivity contribution is 0.242. The van der Waals surface area contributed by atoms with Crippen molar-refractivity contribution in [3.63, 3.8) is 0 Å². The SMILES string of the molecule is CC(C)Oc1cccc(NC(=S)N[C@@H](C)c2ccc(N3CCC[C@@H](C)C3)cc2)c1. The minimum Gasteiger partial charge on any atom is -0.491 e. The van der Waals surface area contributed by atoms with E-state index in [1.165, 1.54) is 24.1 Å². The smallest absolute Gasteiger partial charge is 0.171 e. The van der Waals surface area contributed by atoms with Crippen molar-refractivity contribution in [2.75, 3.05) is 23.3 Å². The Kier molecular flexibility index (Phi) is 7.37. The predicted octanol–water partition coefficient (Wildman–Crippen LogP) is 5.76. The average molecular weight is 412 g/mol. The molecule has 0 spiro atoms. The van der Waals surface area contributed by atoms with Crippen LogP contribution in [0.5, 0.6) is 5.75 Å². The Morgan fingerprint density at radius 1 is 1.14 bits per heavy atom. The molecule has 0 aliphatic carbocycles. The second-order valence-corrected chi connectivity index (χ2v) is 8.71. The Morgan fingerprint density at radius 3 is 2.59 bits per heavy atom. The summed E-state index contributed by atoms with van der Waals surface area (Å²) < 4.78 is 5.75. The lowest BCUT2D eigenvalue weighted by atomic mass is 9.99. The summed E-state index contributed by atoms with van der Waals surface area (Å²) in [4.78, 5) is 2.49. The first kappa shape index (κ1) is 21.4. The van der Waals surface area contributed by atoms with Gasteiger partial charge in [-0.1, -0.05) is 25.1 Å². The van der Waals surface area contributed by atoms with Gasteiger partial charge >= 0.3 is 0 Å². The monoisotopic (exact) mass is 411 g/mol. The molecular formula is C24H33N3OS. The van der Waals surface area contributed by atoms with Crippen molar-refractivity contribution in [3.05, 3.63) is 54.1 Å².